The molecule has 0 bridgehead atoms. The molecule has 0 heterocycles. The Labute approximate surface area is 198 Å². The predicted octanol–water partition coefficient (Wildman–Crippen LogP) is 7.44. The molecule has 178 valence electrons. The van der Waals surface area contributed by atoms with Gasteiger partial charge in [0.2, 0.25) is 0 Å². The summed E-state index contributed by atoms with van der Waals surface area (Å²) in [6.07, 6.45) is 15.8. The summed E-state index contributed by atoms with van der Waals surface area (Å²) < 4.78 is 0. The van der Waals surface area contributed by atoms with E-state index in [2.05, 4.69) is 89.5 Å². The predicted molar refractivity (Wildman–Crippen MR) is 140 cm³/mol. The highest BCUT2D eigenvalue weighted by molar-refractivity contribution is 5.32. The molecule has 0 aromatic carbocycles. The lowest BCUT2D eigenvalue weighted by molar-refractivity contribution is 0.112. The van der Waals surface area contributed by atoms with Crippen LogP contribution in [0.1, 0.15) is 107 Å². The Morgan fingerprint density at radius 1 is 0.594 bits per heavy atom. The average Bonchev–Trinajstić information content (AvgIpc) is 2.64. The van der Waals surface area contributed by atoms with Gasteiger partial charge in [-0.25, -0.2) is 0 Å². The van der Waals surface area contributed by atoms with E-state index >= 15 is 0 Å². The molecule has 0 aliphatic carbocycles. The maximum atomic E-state index is 10.5. The number of hydrogen-bond acceptors (Lipinski definition) is 2. The quantitative estimate of drug-likeness (QED) is 0.245. The van der Waals surface area contributed by atoms with Gasteiger partial charge >= 0.3 is 0 Å². The van der Waals surface area contributed by atoms with Gasteiger partial charge in [-0.1, -0.05) is 58.4 Å². The van der Waals surface area contributed by atoms with E-state index in [1.54, 1.807) is 13.8 Å². The molecule has 0 amide bonds. The highest BCUT2D eigenvalue weighted by atomic mass is 16.3. The van der Waals surface area contributed by atoms with Gasteiger partial charge in [0.05, 0.1) is 0 Å². The van der Waals surface area contributed by atoms with Crippen molar-refractivity contribution in [1.82, 2.24) is 0 Å². The molecule has 0 fully saturated rings. The molecule has 2 heteroatoms. The molecule has 0 spiro atoms. The lowest BCUT2D eigenvalue weighted by atomic mass is 9.98. The molecular weight excluding hydrogens is 392 g/mol. The summed E-state index contributed by atoms with van der Waals surface area (Å²) >= 11 is 0. The summed E-state index contributed by atoms with van der Waals surface area (Å²) in [4.78, 5) is 0. The van der Waals surface area contributed by atoms with Crippen LogP contribution in [-0.4, -0.2) is 21.4 Å². The Hall–Kier alpha value is -2.00. The molecule has 0 saturated heterocycles. The minimum Gasteiger partial charge on any atom is -0.378 e. The third-order valence-corrected chi connectivity index (χ3v) is 5.16. The van der Waals surface area contributed by atoms with E-state index in [1.807, 2.05) is 0 Å². The van der Waals surface area contributed by atoms with Gasteiger partial charge in [-0.05, 0) is 119 Å². The Bertz CT molecular complexity index is 730. The smallest absolute Gasteiger partial charge is 0.124 e. The zero-order valence-electron chi connectivity index (χ0n) is 21.9. The third-order valence-electron chi connectivity index (χ3n) is 5.16. The first kappa shape index (κ1) is 30.0. The molecule has 0 aromatic heterocycles. The molecular formula is C30H46O2. The average molecular weight is 439 g/mol. The Balaban J connectivity index is 4.56. The monoisotopic (exact) mass is 438 g/mol. The van der Waals surface area contributed by atoms with Crippen LogP contribution in [-0.2, 0) is 0 Å². The van der Waals surface area contributed by atoms with Crippen LogP contribution in [0.15, 0.2) is 46.6 Å². The largest absolute Gasteiger partial charge is 0.378 e. The van der Waals surface area contributed by atoms with E-state index < -0.39 is 11.2 Å². The lowest BCUT2D eigenvalue weighted by Crippen LogP contribution is -2.21. The van der Waals surface area contributed by atoms with E-state index in [4.69, 9.17) is 0 Å². The minimum atomic E-state index is -1.08. The Morgan fingerprint density at radius 3 is 1.25 bits per heavy atom. The molecule has 0 aliphatic rings. The first-order valence-electron chi connectivity index (χ1n) is 11.9. The van der Waals surface area contributed by atoms with Crippen molar-refractivity contribution in [3.8, 4) is 23.7 Å². The maximum Gasteiger partial charge on any atom is 0.124 e. The van der Waals surface area contributed by atoms with Gasteiger partial charge in [-0.3, -0.25) is 0 Å². The van der Waals surface area contributed by atoms with Crippen LogP contribution in [0, 0.1) is 23.7 Å². The van der Waals surface area contributed by atoms with E-state index in [0.29, 0.717) is 12.8 Å². The second kappa shape index (κ2) is 15.7. The van der Waals surface area contributed by atoms with Gasteiger partial charge in [0.25, 0.3) is 0 Å². The molecule has 0 radical (unpaired) electrons. The summed E-state index contributed by atoms with van der Waals surface area (Å²) in [5.74, 6) is 11.1. The fraction of sp³-hybridized carbons (Fsp3) is 0.600. The highest BCUT2D eigenvalue weighted by Gasteiger charge is 2.16. The third kappa shape index (κ3) is 18.7. The van der Waals surface area contributed by atoms with Crippen LogP contribution >= 0.6 is 0 Å². The van der Waals surface area contributed by atoms with Crippen molar-refractivity contribution < 1.29 is 10.2 Å². The maximum absolute atomic E-state index is 10.5. The van der Waals surface area contributed by atoms with Crippen molar-refractivity contribution in [2.45, 2.75) is 118 Å². The van der Waals surface area contributed by atoms with Crippen LogP contribution in [0.5, 0.6) is 0 Å². The van der Waals surface area contributed by atoms with Crippen molar-refractivity contribution in [2.24, 2.45) is 0 Å². The number of hydrogen-bond donors (Lipinski definition) is 2. The van der Waals surface area contributed by atoms with E-state index in [-0.39, 0.29) is 0 Å². The van der Waals surface area contributed by atoms with Crippen LogP contribution in [0.25, 0.3) is 0 Å². The summed E-state index contributed by atoms with van der Waals surface area (Å²) in [5.41, 5.74) is 3.20. The Morgan fingerprint density at radius 2 is 0.938 bits per heavy atom. The van der Waals surface area contributed by atoms with Crippen molar-refractivity contribution in [2.75, 3.05) is 0 Å². The molecule has 0 rings (SSSR count). The van der Waals surface area contributed by atoms with Crippen LogP contribution in [0.3, 0.4) is 0 Å². The summed E-state index contributed by atoms with van der Waals surface area (Å²) in [5, 5.41) is 20.9. The minimum absolute atomic E-state index is 0.564. The van der Waals surface area contributed by atoms with Crippen molar-refractivity contribution in [1.29, 1.82) is 0 Å². The van der Waals surface area contributed by atoms with E-state index in [9.17, 15) is 10.2 Å². The van der Waals surface area contributed by atoms with Gasteiger partial charge in [0.1, 0.15) is 11.2 Å². The molecule has 0 saturated carbocycles. The van der Waals surface area contributed by atoms with Gasteiger partial charge in [-0.2, -0.15) is 0 Å². The van der Waals surface area contributed by atoms with Gasteiger partial charge in [0.15, 0.2) is 0 Å². The Kier molecular flexibility index (Phi) is 14.8. The molecule has 0 aliphatic heterocycles. The second-order valence-electron chi connectivity index (χ2n) is 9.87. The first-order chi connectivity index (χ1) is 14.8. The number of allylic oxidation sites excluding steroid dienone is 8. The van der Waals surface area contributed by atoms with Gasteiger partial charge in [0, 0.05) is 0 Å². The molecule has 2 nitrogen and oxygen atoms in total. The molecule has 2 unspecified atom stereocenters. The molecule has 2 N–H and O–H groups in total. The fourth-order valence-corrected chi connectivity index (χ4v) is 3.04. The SMILES string of the molecule is CC(C)=CCC/C(C)=C/CCC(C)(O)C#CC#CC(C)(O)CC/C=C(\C)CCC=C(C)C. The molecule has 2 atom stereocenters. The number of rotatable bonds is 12. The topological polar surface area (TPSA) is 40.5 Å². The first-order valence-corrected chi connectivity index (χ1v) is 11.9. The zero-order valence-corrected chi connectivity index (χ0v) is 21.9. The normalized spacial score (nSPS) is 15.3. The van der Waals surface area contributed by atoms with Gasteiger partial charge < -0.3 is 10.2 Å². The van der Waals surface area contributed by atoms with Crippen molar-refractivity contribution in [3.05, 3.63) is 46.6 Å². The van der Waals surface area contributed by atoms with Crippen molar-refractivity contribution >= 4 is 0 Å². The summed E-state index contributed by atoms with van der Waals surface area (Å²) in [7, 11) is 0. The fourth-order valence-electron chi connectivity index (χ4n) is 3.04. The van der Waals surface area contributed by atoms with Crippen LogP contribution < -0.4 is 0 Å². The van der Waals surface area contributed by atoms with Crippen molar-refractivity contribution in [3.63, 3.8) is 0 Å². The standard InChI is InChI=1S/C30H46O2/c1-25(2)15-11-17-27(5)19-13-23-29(7,31)21-9-10-22-30(8,32)24-14-20-28(6)18-12-16-26(3)4/h15-16,19-20,31-32H,11-14,17-18,23-24H2,1-8H3/b27-19+,28-20+. The second-order valence-corrected chi connectivity index (χ2v) is 9.87. The lowest BCUT2D eigenvalue weighted by Gasteiger charge is -2.15. The van der Waals surface area contributed by atoms with Crippen LogP contribution in [0.4, 0.5) is 0 Å². The summed E-state index contributed by atoms with van der Waals surface area (Å²) in [6, 6.07) is 0. The highest BCUT2D eigenvalue weighted by Crippen LogP contribution is 2.16. The summed E-state index contributed by atoms with van der Waals surface area (Å²) in [6.45, 7) is 16.2. The van der Waals surface area contributed by atoms with E-state index in [0.717, 1.165) is 38.5 Å². The van der Waals surface area contributed by atoms with Crippen LogP contribution in [0.2, 0.25) is 0 Å². The van der Waals surface area contributed by atoms with E-state index in [1.165, 1.54) is 22.3 Å². The number of aliphatic hydroxyl groups is 2. The molecule has 32 heavy (non-hydrogen) atoms. The zero-order chi connectivity index (χ0) is 24.6. The molecule has 0 aromatic rings. The van der Waals surface area contributed by atoms with Gasteiger partial charge in [-0.15, -0.1) is 0 Å².